The number of H-pyrrole nitrogens is 1. The second kappa shape index (κ2) is 10.3. The predicted molar refractivity (Wildman–Crippen MR) is 128 cm³/mol. The summed E-state index contributed by atoms with van der Waals surface area (Å²) >= 11 is 0. The zero-order chi connectivity index (χ0) is 25.9. The molecule has 0 saturated carbocycles. The average molecular weight is 517 g/mol. The number of fused-ring (bicyclic) bond motifs is 2. The molecule has 1 saturated heterocycles. The van der Waals surface area contributed by atoms with E-state index in [0.717, 1.165) is 18.3 Å². The van der Waals surface area contributed by atoms with E-state index in [1.54, 1.807) is 18.2 Å². The molecule has 13 nitrogen and oxygen atoms in total. The standard InChI is InChI=1S/C17H13N5O5.C5H11NO2S/c23-12-6-27-11-2-1-8(3-10(11)22-12)4-19-16(24)15-14-13(20-7-21-15)9(5-18-14)17(25)26;6-3-5-1-2-9(7,8)4-5/h1-3,5,7,18H,4,6H2,(H,19,24)(H,22,23)(H,25,26);5H,1-4,6H2. The number of aromatic amines is 1. The van der Waals surface area contributed by atoms with Crippen molar-refractivity contribution < 1.29 is 32.6 Å². The van der Waals surface area contributed by atoms with Gasteiger partial charge in [0, 0.05) is 12.7 Å². The smallest absolute Gasteiger partial charge is 0.339 e. The number of nitrogens with one attached hydrogen (secondary N) is 3. The van der Waals surface area contributed by atoms with E-state index < -0.39 is 21.7 Å². The Morgan fingerprint density at radius 2 is 2.08 bits per heavy atom. The van der Waals surface area contributed by atoms with Gasteiger partial charge >= 0.3 is 5.97 Å². The number of amides is 2. The summed E-state index contributed by atoms with van der Waals surface area (Å²) in [4.78, 5) is 45.7. The maximum Gasteiger partial charge on any atom is 0.339 e. The molecular formula is C22H24N6O7S. The molecular weight excluding hydrogens is 492 g/mol. The van der Waals surface area contributed by atoms with Crippen molar-refractivity contribution in [3.8, 4) is 5.75 Å². The SMILES string of the molecule is NCC1CCS(=O)(=O)C1.O=C1COc2ccc(CNC(=O)c3ncnc4c(C(=O)O)c[nH]c34)cc2N1. The van der Waals surface area contributed by atoms with Crippen LogP contribution in [0.5, 0.6) is 5.75 Å². The number of ether oxygens (including phenoxy) is 1. The summed E-state index contributed by atoms with van der Waals surface area (Å²) in [5.74, 6) is -0.431. The van der Waals surface area contributed by atoms with Crippen LogP contribution >= 0.6 is 0 Å². The van der Waals surface area contributed by atoms with Crippen LogP contribution in [0.25, 0.3) is 11.0 Å². The Balaban J connectivity index is 0.000000286. The first kappa shape index (κ1) is 25.1. The molecule has 2 aliphatic rings. The Bertz CT molecular complexity index is 1440. The number of hydrogen-bond donors (Lipinski definition) is 5. The van der Waals surface area contributed by atoms with Gasteiger partial charge in [-0.3, -0.25) is 9.59 Å². The Morgan fingerprint density at radius 1 is 1.28 bits per heavy atom. The van der Waals surface area contributed by atoms with Gasteiger partial charge in [0.1, 0.15) is 23.2 Å². The van der Waals surface area contributed by atoms with Crippen molar-refractivity contribution >= 4 is 44.3 Å². The number of aromatic nitrogens is 3. The van der Waals surface area contributed by atoms with Crippen molar-refractivity contribution in [1.29, 1.82) is 0 Å². The van der Waals surface area contributed by atoms with Gasteiger partial charge in [-0.25, -0.2) is 23.2 Å². The molecule has 5 rings (SSSR count). The third-order valence-electron chi connectivity index (χ3n) is 5.70. The van der Waals surface area contributed by atoms with Crippen LogP contribution in [-0.4, -0.2) is 70.9 Å². The number of carbonyl (C=O) groups excluding carboxylic acids is 2. The van der Waals surface area contributed by atoms with E-state index in [9.17, 15) is 22.8 Å². The molecule has 1 atom stereocenters. The van der Waals surface area contributed by atoms with E-state index in [0.29, 0.717) is 29.5 Å². The predicted octanol–water partition coefficient (Wildman–Crippen LogP) is 0.297. The van der Waals surface area contributed by atoms with Gasteiger partial charge in [0.05, 0.1) is 22.7 Å². The molecule has 2 amide bonds. The highest BCUT2D eigenvalue weighted by Crippen LogP contribution is 2.28. The third-order valence-corrected chi connectivity index (χ3v) is 7.54. The summed E-state index contributed by atoms with van der Waals surface area (Å²) in [7, 11) is -2.69. The molecule has 0 aliphatic carbocycles. The van der Waals surface area contributed by atoms with Crippen molar-refractivity contribution in [2.45, 2.75) is 13.0 Å². The maximum absolute atomic E-state index is 12.5. The number of carboxylic acids is 1. The van der Waals surface area contributed by atoms with E-state index in [2.05, 4.69) is 25.6 Å². The highest BCUT2D eigenvalue weighted by molar-refractivity contribution is 7.91. The van der Waals surface area contributed by atoms with Crippen LogP contribution in [0.2, 0.25) is 0 Å². The van der Waals surface area contributed by atoms with Crippen LogP contribution in [-0.2, 0) is 21.2 Å². The molecule has 0 radical (unpaired) electrons. The fourth-order valence-electron chi connectivity index (χ4n) is 3.84. The Hall–Kier alpha value is -4.04. The van der Waals surface area contributed by atoms with Crippen LogP contribution < -0.4 is 21.1 Å². The van der Waals surface area contributed by atoms with Crippen LogP contribution in [0.3, 0.4) is 0 Å². The second-order valence-corrected chi connectivity index (χ2v) is 10.5. The van der Waals surface area contributed by atoms with Gasteiger partial charge < -0.3 is 31.2 Å². The molecule has 190 valence electrons. The summed E-state index contributed by atoms with van der Waals surface area (Å²) in [6.07, 6.45) is 3.17. The Morgan fingerprint density at radius 3 is 2.75 bits per heavy atom. The van der Waals surface area contributed by atoms with Gasteiger partial charge in [-0.05, 0) is 36.6 Å². The van der Waals surface area contributed by atoms with Gasteiger partial charge in [-0.15, -0.1) is 0 Å². The number of benzene rings is 1. The van der Waals surface area contributed by atoms with Crippen molar-refractivity contribution in [3.63, 3.8) is 0 Å². The van der Waals surface area contributed by atoms with Gasteiger partial charge in [0.2, 0.25) is 0 Å². The summed E-state index contributed by atoms with van der Waals surface area (Å²) in [5.41, 5.74) is 7.00. The lowest BCUT2D eigenvalue weighted by atomic mass is 10.1. The minimum absolute atomic E-state index is 0.0265. The lowest BCUT2D eigenvalue weighted by Gasteiger charge is -2.18. The fraction of sp³-hybridized carbons (Fsp3) is 0.318. The lowest BCUT2D eigenvalue weighted by Crippen LogP contribution is -2.26. The number of aromatic carboxylic acids is 1. The first-order valence-corrected chi connectivity index (χ1v) is 12.8. The van der Waals surface area contributed by atoms with Gasteiger partial charge in [-0.2, -0.15) is 0 Å². The fourth-order valence-corrected chi connectivity index (χ4v) is 5.72. The van der Waals surface area contributed by atoms with Crippen LogP contribution in [0, 0.1) is 5.92 Å². The van der Waals surface area contributed by atoms with E-state index in [1.165, 1.54) is 6.20 Å². The Labute approximate surface area is 205 Å². The van der Waals surface area contributed by atoms with Crippen molar-refractivity contribution in [2.24, 2.45) is 11.7 Å². The molecule has 0 spiro atoms. The monoisotopic (exact) mass is 516 g/mol. The summed E-state index contributed by atoms with van der Waals surface area (Å²) < 4.78 is 26.8. The molecule has 6 N–H and O–H groups in total. The molecule has 3 aromatic rings. The molecule has 14 heteroatoms. The van der Waals surface area contributed by atoms with Crippen LogP contribution in [0.15, 0.2) is 30.7 Å². The number of carboxylic acid groups (broad SMARTS) is 1. The van der Waals surface area contributed by atoms with Crippen LogP contribution in [0.1, 0.15) is 32.8 Å². The number of hydrogen-bond acceptors (Lipinski definition) is 9. The highest BCUT2D eigenvalue weighted by Gasteiger charge is 2.26. The third kappa shape index (κ3) is 5.60. The van der Waals surface area contributed by atoms with Gasteiger partial charge in [0.25, 0.3) is 11.8 Å². The van der Waals surface area contributed by atoms with E-state index in [1.807, 2.05) is 0 Å². The summed E-state index contributed by atoms with van der Waals surface area (Å²) in [6, 6.07) is 5.19. The molecule has 2 aromatic heterocycles. The Kier molecular flexibility index (Phi) is 7.17. The molecule has 2 aliphatic heterocycles. The summed E-state index contributed by atoms with van der Waals surface area (Å²) in [6.45, 7) is 0.667. The second-order valence-electron chi connectivity index (χ2n) is 8.31. The van der Waals surface area contributed by atoms with Gasteiger partial charge in [-0.1, -0.05) is 6.07 Å². The largest absolute Gasteiger partial charge is 0.482 e. The molecule has 1 aromatic carbocycles. The zero-order valence-electron chi connectivity index (χ0n) is 19.0. The number of nitrogens with two attached hydrogens (primary N) is 1. The first-order valence-electron chi connectivity index (χ1n) is 11.0. The summed E-state index contributed by atoms with van der Waals surface area (Å²) in [5, 5.41) is 14.6. The number of sulfone groups is 1. The highest BCUT2D eigenvalue weighted by atomic mass is 32.2. The van der Waals surface area contributed by atoms with Crippen molar-refractivity contribution in [1.82, 2.24) is 20.3 Å². The van der Waals surface area contributed by atoms with Crippen molar-refractivity contribution in [2.75, 3.05) is 30.0 Å². The van der Waals surface area contributed by atoms with Gasteiger partial charge in [0.15, 0.2) is 22.1 Å². The van der Waals surface area contributed by atoms with E-state index in [-0.39, 0.29) is 47.3 Å². The number of rotatable bonds is 5. The number of anilines is 1. The molecule has 36 heavy (non-hydrogen) atoms. The number of carbonyl (C=O) groups is 3. The van der Waals surface area contributed by atoms with E-state index in [4.69, 9.17) is 15.6 Å². The van der Waals surface area contributed by atoms with Crippen molar-refractivity contribution in [3.05, 3.63) is 47.5 Å². The lowest BCUT2D eigenvalue weighted by molar-refractivity contribution is -0.118. The first-order chi connectivity index (χ1) is 17.2. The molecule has 1 unspecified atom stereocenters. The number of nitrogens with zero attached hydrogens (tertiary/aromatic N) is 2. The normalized spacial score (nSPS) is 17.8. The average Bonchev–Trinajstić information content (AvgIpc) is 3.45. The van der Waals surface area contributed by atoms with Crippen LogP contribution in [0.4, 0.5) is 5.69 Å². The maximum atomic E-state index is 12.5. The van der Waals surface area contributed by atoms with E-state index >= 15 is 0 Å². The minimum Gasteiger partial charge on any atom is -0.482 e. The quantitative estimate of drug-likeness (QED) is 0.313. The topological polar surface area (TPSA) is 206 Å². The molecule has 0 bridgehead atoms. The molecule has 1 fully saturated rings. The minimum atomic E-state index is -2.69. The molecule has 4 heterocycles. The zero-order valence-corrected chi connectivity index (χ0v) is 19.8.